The minimum Gasteiger partial charge on any atom is -0.492 e. The van der Waals surface area contributed by atoms with E-state index in [-0.39, 0.29) is 11.6 Å². The van der Waals surface area contributed by atoms with Crippen LogP contribution in [0, 0.1) is 6.92 Å². The highest BCUT2D eigenvalue weighted by molar-refractivity contribution is 5.95. The third-order valence-electron chi connectivity index (χ3n) is 4.54. The zero-order valence-corrected chi connectivity index (χ0v) is 15.7. The molecular formula is C21H24N2O4. The first-order chi connectivity index (χ1) is 13.1. The van der Waals surface area contributed by atoms with Gasteiger partial charge in [0.25, 0.3) is 5.91 Å². The van der Waals surface area contributed by atoms with Crippen molar-refractivity contribution in [2.24, 2.45) is 0 Å². The average Bonchev–Trinajstić information content (AvgIpc) is 3.13. The lowest BCUT2D eigenvalue weighted by Crippen LogP contribution is -2.29. The van der Waals surface area contributed by atoms with Gasteiger partial charge in [0, 0.05) is 0 Å². The molecule has 1 aliphatic carbocycles. The molecule has 1 aliphatic rings. The molecule has 0 saturated heterocycles. The molecule has 0 aliphatic heterocycles. The number of nitrogens with one attached hydrogen (secondary N) is 1. The second-order valence-corrected chi connectivity index (χ2v) is 6.44. The molecule has 0 unspecified atom stereocenters. The van der Waals surface area contributed by atoms with E-state index in [4.69, 9.17) is 9.47 Å². The lowest BCUT2D eigenvalue weighted by atomic mass is 10.1. The van der Waals surface area contributed by atoms with Crippen LogP contribution < -0.4 is 10.1 Å². The van der Waals surface area contributed by atoms with Crippen molar-refractivity contribution in [2.75, 3.05) is 19.8 Å². The summed E-state index contributed by atoms with van der Waals surface area (Å²) in [6.45, 7) is 4.47. The van der Waals surface area contributed by atoms with Crippen molar-refractivity contribution in [1.29, 1.82) is 0 Å². The fourth-order valence-corrected chi connectivity index (χ4v) is 3.17. The molecule has 1 aromatic heterocycles. The van der Waals surface area contributed by atoms with Gasteiger partial charge in [0.2, 0.25) is 0 Å². The highest BCUT2D eigenvalue weighted by Gasteiger charge is 2.15. The lowest BCUT2D eigenvalue weighted by Gasteiger charge is -2.10. The number of fused-ring (bicyclic) bond motifs is 1. The minimum absolute atomic E-state index is 0.262. The van der Waals surface area contributed by atoms with E-state index < -0.39 is 5.97 Å². The summed E-state index contributed by atoms with van der Waals surface area (Å²) < 4.78 is 10.7. The lowest BCUT2D eigenvalue weighted by molar-refractivity contribution is 0.0524. The highest BCUT2D eigenvalue weighted by Crippen LogP contribution is 2.25. The number of ether oxygens (including phenoxy) is 2. The smallest absolute Gasteiger partial charge is 0.339 e. The summed E-state index contributed by atoms with van der Waals surface area (Å²) in [4.78, 5) is 28.2. The molecule has 0 radical (unpaired) electrons. The first kappa shape index (κ1) is 18.9. The zero-order valence-electron chi connectivity index (χ0n) is 15.7. The van der Waals surface area contributed by atoms with Crippen molar-refractivity contribution in [1.82, 2.24) is 10.3 Å². The standard InChI is InChI=1S/C21H24N2O4/c1-3-26-21(25)18-9-10-19(23-14(18)2)20(24)22-11-12-27-17-8-7-15-5-4-6-16(15)13-17/h7-10,13H,3-6,11-12H2,1-2H3,(H,22,24). The quantitative estimate of drug-likeness (QED) is 0.601. The van der Waals surface area contributed by atoms with Gasteiger partial charge in [-0.1, -0.05) is 6.07 Å². The van der Waals surface area contributed by atoms with Gasteiger partial charge in [-0.25, -0.2) is 9.78 Å². The Hall–Kier alpha value is -2.89. The number of aryl methyl sites for hydroxylation is 3. The van der Waals surface area contributed by atoms with Crippen LogP contribution in [0.4, 0.5) is 0 Å². The molecule has 2 aromatic rings. The van der Waals surface area contributed by atoms with E-state index in [0.29, 0.717) is 31.0 Å². The SMILES string of the molecule is CCOC(=O)c1ccc(C(=O)NCCOc2ccc3c(c2)CCC3)nc1C. The van der Waals surface area contributed by atoms with Crippen molar-refractivity contribution >= 4 is 11.9 Å². The van der Waals surface area contributed by atoms with E-state index in [1.54, 1.807) is 19.9 Å². The monoisotopic (exact) mass is 368 g/mol. The Morgan fingerprint density at radius 1 is 1.15 bits per heavy atom. The summed E-state index contributed by atoms with van der Waals surface area (Å²) >= 11 is 0. The third-order valence-corrected chi connectivity index (χ3v) is 4.54. The molecule has 0 fully saturated rings. The molecule has 1 aromatic carbocycles. The van der Waals surface area contributed by atoms with Crippen LogP contribution in [0.5, 0.6) is 5.75 Å². The maximum absolute atomic E-state index is 12.2. The van der Waals surface area contributed by atoms with Gasteiger partial charge in [0.05, 0.1) is 24.4 Å². The van der Waals surface area contributed by atoms with Crippen LogP contribution in [0.2, 0.25) is 0 Å². The van der Waals surface area contributed by atoms with Crippen LogP contribution in [0.3, 0.4) is 0 Å². The first-order valence-corrected chi connectivity index (χ1v) is 9.26. The molecular weight excluding hydrogens is 344 g/mol. The van der Waals surface area contributed by atoms with Crippen molar-refractivity contribution in [3.8, 4) is 5.75 Å². The first-order valence-electron chi connectivity index (χ1n) is 9.26. The number of nitrogens with zero attached hydrogens (tertiary/aromatic N) is 1. The van der Waals surface area contributed by atoms with Crippen LogP contribution in [-0.4, -0.2) is 36.6 Å². The Labute approximate surface area is 158 Å². The van der Waals surface area contributed by atoms with Gasteiger partial charge in [-0.15, -0.1) is 0 Å². The number of amides is 1. The van der Waals surface area contributed by atoms with E-state index >= 15 is 0 Å². The topological polar surface area (TPSA) is 77.5 Å². The van der Waals surface area contributed by atoms with E-state index in [9.17, 15) is 9.59 Å². The van der Waals surface area contributed by atoms with Gasteiger partial charge in [0.1, 0.15) is 18.1 Å². The fourth-order valence-electron chi connectivity index (χ4n) is 3.17. The van der Waals surface area contributed by atoms with Gasteiger partial charge in [-0.05, 0) is 68.5 Å². The Balaban J connectivity index is 1.49. The summed E-state index contributed by atoms with van der Waals surface area (Å²) in [5.41, 5.74) is 3.86. The summed E-state index contributed by atoms with van der Waals surface area (Å²) in [5.74, 6) is 0.0981. The molecule has 0 bridgehead atoms. The number of rotatable bonds is 7. The van der Waals surface area contributed by atoms with Crippen molar-refractivity contribution in [2.45, 2.75) is 33.1 Å². The minimum atomic E-state index is -0.433. The zero-order chi connectivity index (χ0) is 19.2. The molecule has 0 atom stereocenters. The van der Waals surface area contributed by atoms with Gasteiger partial charge >= 0.3 is 5.97 Å². The summed E-state index contributed by atoms with van der Waals surface area (Å²) in [6, 6.07) is 9.27. The maximum atomic E-state index is 12.2. The maximum Gasteiger partial charge on any atom is 0.339 e. The predicted molar refractivity (Wildman–Crippen MR) is 101 cm³/mol. The molecule has 3 rings (SSSR count). The second kappa shape index (κ2) is 8.66. The normalized spacial score (nSPS) is 12.4. The largest absolute Gasteiger partial charge is 0.492 e. The average molecular weight is 368 g/mol. The molecule has 6 heteroatoms. The van der Waals surface area contributed by atoms with Crippen LogP contribution in [-0.2, 0) is 17.6 Å². The Bertz CT molecular complexity index is 848. The van der Waals surface area contributed by atoms with E-state index in [2.05, 4.69) is 22.4 Å². The molecule has 27 heavy (non-hydrogen) atoms. The molecule has 6 nitrogen and oxygen atoms in total. The van der Waals surface area contributed by atoms with Gasteiger partial charge < -0.3 is 14.8 Å². The number of esters is 1. The van der Waals surface area contributed by atoms with Crippen LogP contribution in [0.15, 0.2) is 30.3 Å². The molecule has 142 valence electrons. The van der Waals surface area contributed by atoms with Crippen molar-refractivity contribution in [3.63, 3.8) is 0 Å². The number of carbonyl (C=O) groups is 2. The number of pyridine rings is 1. The summed E-state index contributed by atoms with van der Waals surface area (Å²) in [7, 11) is 0. The highest BCUT2D eigenvalue weighted by atomic mass is 16.5. The number of benzene rings is 1. The Morgan fingerprint density at radius 2 is 1.96 bits per heavy atom. The van der Waals surface area contributed by atoms with Gasteiger partial charge in [0.15, 0.2) is 0 Å². The van der Waals surface area contributed by atoms with Crippen LogP contribution in [0.25, 0.3) is 0 Å². The summed E-state index contributed by atoms with van der Waals surface area (Å²) in [6.07, 6.45) is 3.46. The molecule has 0 saturated carbocycles. The second-order valence-electron chi connectivity index (χ2n) is 6.44. The molecule has 1 amide bonds. The third kappa shape index (κ3) is 4.64. The van der Waals surface area contributed by atoms with E-state index in [1.807, 2.05) is 6.07 Å². The van der Waals surface area contributed by atoms with Crippen LogP contribution in [0.1, 0.15) is 51.0 Å². The summed E-state index contributed by atoms with van der Waals surface area (Å²) in [5, 5.41) is 2.78. The number of hydrogen-bond acceptors (Lipinski definition) is 5. The van der Waals surface area contributed by atoms with Crippen molar-refractivity contribution < 1.29 is 19.1 Å². The Kier molecular flexibility index (Phi) is 6.06. The number of hydrogen-bond donors (Lipinski definition) is 1. The fraction of sp³-hybridized carbons (Fsp3) is 0.381. The molecule has 1 N–H and O–H groups in total. The predicted octanol–water partition coefficient (Wildman–Crippen LogP) is 2.86. The van der Waals surface area contributed by atoms with Gasteiger partial charge in [-0.2, -0.15) is 0 Å². The van der Waals surface area contributed by atoms with Gasteiger partial charge in [-0.3, -0.25) is 4.79 Å². The van der Waals surface area contributed by atoms with E-state index in [1.165, 1.54) is 23.6 Å². The van der Waals surface area contributed by atoms with E-state index in [0.717, 1.165) is 18.6 Å². The van der Waals surface area contributed by atoms with Crippen LogP contribution >= 0.6 is 0 Å². The van der Waals surface area contributed by atoms with Crippen molar-refractivity contribution in [3.05, 3.63) is 58.4 Å². The Morgan fingerprint density at radius 3 is 2.74 bits per heavy atom. The number of carbonyl (C=O) groups excluding carboxylic acids is 2. The molecule has 1 heterocycles. The molecule has 0 spiro atoms. The number of aromatic nitrogens is 1.